The standard InChI is InChI=1S/C16H19NOS.H2/c1-12(2)10-14-8-9-15(19-14)16(18)17-11-13-6-4-3-5-7-13;/h3-9,12H,10-11H2,1-2H3,(H,17,18);1H. The van der Waals surface area contributed by atoms with Crippen LogP contribution in [0, 0.1) is 5.92 Å². The van der Waals surface area contributed by atoms with E-state index in [0.717, 1.165) is 16.9 Å². The molecule has 0 bridgehead atoms. The first-order chi connectivity index (χ1) is 9.15. The largest absolute Gasteiger partial charge is 0.347 e. The smallest absolute Gasteiger partial charge is 0.261 e. The molecule has 1 heterocycles. The molecule has 2 rings (SSSR count). The van der Waals surface area contributed by atoms with Gasteiger partial charge in [-0.3, -0.25) is 4.79 Å². The molecule has 2 aromatic rings. The van der Waals surface area contributed by atoms with Gasteiger partial charge in [0.05, 0.1) is 4.88 Å². The molecule has 0 radical (unpaired) electrons. The zero-order valence-corrected chi connectivity index (χ0v) is 12.2. The van der Waals surface area contributed by atoms with Gasteiger partial charge in [-0.25, -0.2) is 0 Å². The summed E-state index contributed by atoms with van der Waals surface area (Å²) in [6.07, 6.45) is 1.04. The molecular weight excluding hydrogens is 254 g/mol. The van der Waals surface area contributed by atoms with Crippen molar-refractivity contribution in [3.8, 4) is 0 Å². The summed E-state index contributed by atoms with van der Waals surface area (Å²) in [7, 11) is 0. The first-order valence-electron chi connectivity index (χ1n) is 6.56. The number of nitrogens with one attached hydrogen (secondary N) is 1. The number of carbonyl (C=O) groups excluding carboxylic acids is 1. The van der Waals surface area contributed by atoms with Crippen molar-refractivity contribution in [2.45, 2.75) is 26.8 Å². The van der Waals surface area contributed by atoms with E-state index in [1.165, 1.54) is 4.88 Å². The van der Waals surface area contributed by atoms with Gasteiger partial charge < -0.3 is 5.32 Å². The van der Waals surface area contributed by atoms with Gasteiger partial charge in [-0.05, 0) is 30.0 Å². The zero-order valence-electron chi connectivity index (χ0n) is 11.3. The molecule has 102 valence electrons. The van der Waals surface area contributed by atoms with Gasteiger partial charge in [-0.2, -0.15) is 0 Å². The van der Waals surface area contributed by atoms with Gasteiger partial charge in [0, 0.05) is 12.8 Å². The summed E-state index contributed by atoms with van der Waals surface area (Å²) in [5.74, 6) is 0.641. The Balaban J connectivity index is 0.00000200. The van der Waals surface area contributed by atoms with Crippen molar-refractivity contribution in [3.63, 3.8) is 0 Å². The number of hydrogen-bond donors (Lipinski definition) is 1. The molecule has 2 nitrogen and oxygen atoms in total. The fourth-order valence-electron chi connectivity index (χ4n) is 1.88. The summed E-state index contributed by atoms with van der Waals surface area (Å²) >= 11 is 1.59. The van der Waals surface area contributed by atoms with E-state index in [1.807, 2.05) is 36.4 Å². The third-order valence-corrected chi connectivity index (χ3v) is 3.90. The van der Waals surface area contributed by atoms with Crippen LogP contribution >= 0.6 is 11.3 Å². The third kappa shape index (κ3) is 4.21. The Hall–Kier alpha value is -1.61. The molecule has 0 aliphatic rings. The summed E-state index contributed by atoms with van der Waals surface area (Å²) in [6.45, 7) is 4.96. The molecule has 0 saturated carbocycles. The SMILES string of the molecule is CC(C)Cc1ccc(C(=O)NCc2ccccc2)s1.[HH]. The molecule has 0 atom stereocenters. The quantitative estimate of drug-likeness (QED) is 0.873. The zero-order chi connectivity index (χ0) is 13.7. The molecule has 1 N–H and O–H groups in total. The Bertz CT molecular complexity index is 536. The van der Waals surface area contributed by atoms with Crippen LogP contribution in [0.2, 0.25) is 0 Å². The maximum atomic E-state index is 12.0. The molecule has 0 aliphatic heterocycles. The molecule has 0 spiro atoms. The van der Waals surface area contributed by atoms with E-state index in [4.69, 9.17) is 0 Å². The van der Waals surface area contributed by atoms with Crippen LogP contribution in [0.4, 0.5) is 0 Å². The first-order valence-corrected chi connectivity index (χ1v) is 7.37. The lowest BCUT2D eigenvalue weighted by Crippen LogP contribution is -2.21. The van der Waals surface area contributed by atoms with Gasteiger partial charge in [0.15, 0.2) is 0 Å². The lowest BCUT2D eigenvalue weighted by atomic mass is 10.1. The molecule has 0 unspecified atom stereocenters. The summed E-state index contributed by atoms with van der Waals surface area (Å²) in [5.41, 5.74) is 1.12. The van der Waals surface area contributed by atoms with Crippen molar-refractivity contribution < 1.29 is 6.22 Å². The molecular formula is C16H21NOS. The molecule has 1 amide bonds. The second-order valence-electron chi connectivity index (χ2n) is 5.03. The molecule has 19 heavy (non-hydrogen) atoms. The van der Waals surface area contributed by atoms with Crippen molar-refractivity contribution in [1.29, 1.82) is 0 Å². The molecule has 0 saturated heterocycles. The first kappa shape index (κ1) is 13.8. The van der Waals surface area contributed by atoms with Crippen LogP contribution in [0.5, 0.6) is 0 Å². The monoisotopic (exact) mass is 275 g/mol. The summed E-state index contributed by atoms with van der Waals surface area (Å²) in [4.78, 5) is 14.1. The van der Waals surface area contributed by atoms with E-state index in [9.17, 15) is 4.79 Å². The Morgan fingerprint density at radius 2 is 1.95 bits per heavy atom. The normalized spacial score (nSPS) is 10.7. The number of carbonyl (C=O) groups is 1. The number of rotatable bonds is 5. The maximum absolute atomic E-state index is 12.0. The van der Waals surface area contributed by atoms with E-state index in [0.29, 0.717) is 12.5 Å². The average Bonchev–Trinajstić information content (AvgIpc) is 2.85. The lowest BCUT2D eigenvalue weighted by molar-refractivity contribution is 0.0955. The highest BCUT2D eigenvalue weighted by atomic mass is 32.1. The Morgan fingerprint density at radius 3 is 2.63 bits per heavy atom. The van der Waals surface area contributed by atoms with Crippen LogP contribution in [0.1, 0.15) is 35.4 Å². The number of benzene rings is 1. The Kier molecular flexibility index (Phi) is 4.74. The summed E-state index contributed by atoms with van der Waals surface area (Å²) in [5, 5.41) is 2.95. The highest BCUT2D eigenvalue weighted by Gasteiger charge is 2.09. The Labute approximate surface area is 120 Å². The van der Waals surface area contributed by atoms with Crippen LogP contribution in [0.25, 0.3) is 0 Å². The minimum Gasteiger partial charge on any atom is -0.347 e. The summed E-state index contributed by atoms with van der Waals surface area (Å²) in [6, 6.07) is 13.9. The molecule has 0 aliphatic carbocycles. The summed E-state index contributed by atoms with van der Waals surface area (Å²) < 4.78 is 0. The van der Waals surface area contributed by atoms with Crippen molar-refractivity contribution in [1.82, 2.24) is 5.32 Å². The number of amides is 1. The maximum Gasteiger partial charge on any atom is 0.261 e. The van der Waals surface area contributed by atoms with Crippen LogP contribution in [-0.4, -0.2) is 5.91 Å². The van der Waals surface area contributed by atoms with Crippen molar-refractivity contribution in [2.75, 3.05) is 0 Å². The van der Waals surface area contributed by atoms with Crippen LogP contribution in [0.3, 0.4) is 0 Å². The highest BCUT2D eigenvalue weighted by molar-refractivity contribution is 7.14. The van der Waals surface area contributed by atoms with Gasteiger partial charge in [-0.15, -0.1) is 11.3 Å². The van der Waals surface area contributed by atoms with Crippen LogP contribution in [-0.2, 0) is 13.0 Å². The second kappa shape index (κ2) is 6.53. The van der Waals surface area contributed by atoms with Gasteiger partial charge in [0.25, 0.3) is 5.91 Å². The average molecular weight is 275 g/mol. The number of thiophene rings is 1. The molecule has 1 aromatic heterocycles. The predicted octanol–water partition coefficient (Wildman–Crippen LogP) is 4.12. The third-order valence-electron chi connectivity index (χ3n) is 2.79. The second-order valence-corrected chi connectivity index (χ2v) is 6.20. The minimum atomic E-state index is 0. The van der Waals surface area contributed by atoms with E-state index < -0.39 is 0 Å². The van der Waals surface area contributed by atoms with Crippen molar-refractivity contribution in [3.05, 3.63) is 57.8 Å². The lowest BCUT2D eigenvalue weighted by Gasteiger charge is -2.03. The van der Waals surface area contributed by atoms with Gasteiger partial charge in [0.1, 0.15) is 0 Å². The van der Waals surface area contributed by atoms with E-state index >= 15 is 0 Å². The fraction of sp³-hybridized carbons (Fsp3) is 0.312. The number of hydrogen-bond acceptors (Lipinski definition) is 2. The van der Waals surface area contributed by atoms with Gasteiger partial charge in [-0.1, -0.05) is 44.2 Å². The van der Waals surface area contributed by atoms with E-state index in [-0.39, 0.29) is 7.33 Å². The van der Waals surface area contributed by atoms with Gasteiger partial charge in [0.2, 0.25) is 0 Å². The van der Waals surface area contributed by atoms with E-state index in [1.54, 1.807) is 11.3 Å². The van der Waals surface area contributed by atoms with Crippen molar-refractivity contribution in [2.24, 2.45) is 5.92 Å². The molecule has 0 fully saturated rings. The van der Waals surface area contributed by atoms with Gasteiger partial charge >= 0.3 is 0 Å². The Morgan fingerprint density at radius 1 is 1.21 bits per heavy atom. The molecule has 1 aromatic carbocycles. The van der Waals surface area contributed by atoms with Crippen molar-refractivity contribution >= 4 is 17.2 Å². The fourth-order valence-corrected chi connectivity index (χ4v) is 3.01. The topological polar surface area (TPSA) is 29.1 Å². The van der Waals surface area contributed by atoms with E-state index in [2.05, 4.69) is 25.2 Å². The minimum absolute atomic E-state index is 0. The highest BCUT2D eigenvalue weighted by Crippen LogP contribution is 2.19. The van der Waals surface area contributed by atoms with Crippen LogP contribution in [0.15, 0.2) is 42.5 Å². The van der Waals surface area contributed by atoms with Crippen LogP contribution < -0.4 is 5.32 Å². The predicted molar refractivity (Wildman–Crippen MR) is 82.6 cm³/mol. The molecule has 3 heteroatoms.